The van der Waals surface area contributed by atoms with E-state index in [2.05, 4.69) is 15.4 Å². The number of imide groups is 1. The molecule has 36 heavy (non-hydrogen) atoms. The van der Waals surface area contributed by atoms with Crippen LogP contribution < -0.4 is 21.4 Å². The van der Waals surface area contributed by atoms with Gasteiger partial charge in [-0.3, -0.25) is 33.7 Å². The molecule has 0 fully saturated rings. The lowest BCUT2D eigenvalue weighted by molar-refractivity contribution is -0.147. The molecule has 3 heterocycles. The molecule has 188 valence electrons. The Labute approximate surface area is 205 Å². The number of H-pyrrole nitrogens is 1. The Hall–Kier alpha value is -4.48. The second-order valence-electron chi connectivity index (χ2n) is 8.33. The fraction of sp³-hybridized carbons (Fsp3) is 0.333. The van der Waals surface area contributed by atoms with Gasteiger partial charge in [-0.2, -0.15) is 5.01 Å². The zero-order valence-electron chi connectivity index (χ0n) is 20.2. The maximum absolute atomic E-state index is 12.9. The molecule has 3 aromatic rings. The van der Waals surface area contributed by atoms with Crippen molar-refractivity contribution in [1.29, 1.82) is 0 Å². The van der Waals surface area contributed by atoms with Gasteiger partial charge in [-0.15, -0.1) is 0 Å². The highest BCUT2D eigenvalue weighted by Gasteiger charge is 2.30. The highest BCUT2D eigenvalue weighted by molar-refractivity contribution is 6.16. The monoisotopic (exact) mass is 494 g/mol. The molecule has 2 aromatic heterocycles. The van der Waals surface area contributed by atoms with Gasteiger partial charge in [-0.25, -0.2) is 9.78 Å². The minimum atomic E-state index is -0.668. The topological polar surface area (TPSA) is 148 Å². The van der Waals surface area contributed by atoms with Gasteiger partial charge in [0.05, 0.1) is 0 Å². The standard InChI is InChI=1S/C24H26N6O6/c1-4-10-28-21-19(23(34)29(11-5-2)24(28)35)25-20(26-21)15-6-8-16(9-7-15)36-13-17(31)27-30-18(32)12-14(3)22(30)33/h6-9,12H,4-5,10-11,13H2,1-3H3,(H,25,26)(H,27,31). The highest BCUT2D eigenvalue weighted by atomic mass is 16.5. The summed E-state index contributed by atoms with van der Waals surface area (Å²) in [5, 5.41) is 0.637. The number of nitrogens with one attached hydrogen (secondary N) is 2. The van der Waals surface area contributed by atoms with E-state index in [4.69, 9.17) is 4.74 Å². The molecule has 0 aliphatic carbocycles. The molecule has 0 atom stereocenters. The molecule has 12 nitrogen and oxygen atoms in total. The van der Waals surface area contributed by atoms with Gasteiger partial charge in [0.1, 0.15) is 17.1 Å². The molecule has 0 unspecified atom stereocenters. The minimum absolute atomic E-state index is 0.235. The van der Waals surface area contributed by atoms with Crippen LogP contribution in [0.5, 0.6) is 5.75 Å². The van der Waals surface area contributed by atoms with Gasteiger partial charge < -0.3 is 9.72 Å². The number of fused-ring (bicyclic) bond motifs is 1. The minimum Gasteiger partial charge on any atom is -0.484 e. The Morgan fingerprint density at radius 3 is 2.31 bits per heavy atom. The number of carbonyl (C=O) groups is 3. The molecule has 12 heteroatoms. The summed E-state index contributed by atoms with van der Waals surface area (Å²) in [6.45, 7) is 5.66. The first-order valence-electron chi connectivity index (χ1n) is 11.6. The average molecular weight is 495 g/mol. The van der Waals surface area contributed by atoms with Crippen molar-refractivity contribution in [1.82, 2.24) is 29.5 Å². The van der Waals surface area contributed by atoms with Gasteiger partial charge in [0.15, 0.2) is 12.3 Å². The van der Waals surface area contributed by atoms with E-state index in [1.54, 1.807) is 24.3 Å². The number of amides is 3. The number of carbonyl (C=O) groups excluding carboxylic acids is 3. The summed E-state index contributed by atoms with van der Waals surface area (Å²) in [5.41, 5.74) is 2.88. The lowest BCUT2D eigenvalue weighted by Gasteiger charge is -2.15. The quantitative estimate of drug-likeness (QED) is 0.423. The Kier molecular flexibility index (Phi) is 6.86. The van der Waals surface area contributed by atoms with E-state index >= 15 is 0 Å². The van der Waals surface area contributed by atoms with Crippen molar-refractivity contribution < 1.29 is 19.1 Å². The molecular formula is C24H26N6O6. The molecule has 2 N–H and O–H groups in total. The van der Waals surface area contributed by atoms with Crippen LogP contribution in [-0.4, -0.2) is 48.4 Å². The lowest BCUT2D eigenvalue weighted by atomic mass is 10.2. The molecule has 4 rings (SSSR count). The number of rotatable bonds is 9. The summed E-state index contributed by atoms with van der Waals surface area (Å²) in [5.74, 6) is -1.09. The summed E-state index contributed by atoms with van der Waals surface area (Å²) in [6.07, 6.45) is 2.49. The van der Waals surface area contributed by atoms with E-state index < -0.39 is 29.9 Å². The molecule has 1 aliphatic heterocycles. The zero-order chi connectivity index (χ0) is 26.0. The lowest BCUT2D eigenvalue weighted by Crippen LogP contribution is -2.48. The normalized spacial score (nSPS) is 13.4. The van der Waals surface area contributed by atoms with E-state index in [1.165, 1.54) is 16.1 Å². The van der Waals surface area contributed by atoms with Crippen molar-refractivity contribution in [2.75, 3.05) is 6.61 Å². The van der Waals surface area contributed by atoms with Crippen molar-refractivity contribution in [3.05, 3.63) is 56.8 Å². The van der Waals surface area contributed by atoms with Crippen LogP contribution in [0.15, 0.2) is 45.5 Å². The maximum Gasteiger partial charge on any atom is 0.332 e. The largest absolute Gasteiger partial charge is 0.484 e. The number of aryl methyl sites for hydroxylation is 1. The molecule has 0 saturated heterocycles. The van der Waals surface area contributed by atoms with E-state index in [9.17, 15) is 24.0 Å². The molecule has 0 spiro atoms. The molecule has 1 aromatic carbocycles. The number of imidazole rings is 1. The number of ether oxygens (including phenoxy) is 1. The number of aromatic nitrogens is 4. The first-order valence-corrected chi connectivity index (χ1v) is 11.6. The third-order valence-electron chi connectivity index (χ3n) is 5.59. The number of nitrogens with zero attached hydrogens (tertiary/aromatic N) is 4. The number of hydrogen-bond acceptors (Lipinski definition) is 7. The maximum atomic E-state index is 12.9. The van der Waals surface area contributed by atoms with Crippen molar-refractivity contribution >= 4 is 28.9 Å². The zero-order valence-corrected chi connectivity index (χ0v) is 20.2. The average Bonchev–Trinajstić information content (AvgIpc) is 3.40. The summed E-state index contributed by atoms with van der Waals surface area (Å²) in [4.78, 5) is 69.0. The van der Waals surface area contributed by atoms with Crippen molar-refractivity contribution in [2.45, 2.75) is 46.7 Å². The molecule has 0 bridgehead atoms. The number of benzene rings is 1. The molecule has 0 saturated carbocycles. The second kappa shape index (κ2) is 10.0. The van der Waals surface area contributed by atoms with Crippen molar-refractivity contribution in [3.63, 3.8) is 0 Å². The number of aromatic amines is 1. The van der Waals surface area contributed by atoms with Crippen LogP contribution in [-0.2, 0) is 27.5 Å². The first kappa shape index (κ1) is 24.6. The molecule has 1 aliphatic rings. The van der Waals surface area contributed by atoms with Gasteiger partial charge in [0, 0.05) is 30.3 Å². The van der Waals surface area contributed by atoms with E-state index in [0.29, 0.717) is 53.7 Å². The summed E-state index contributed by atoms with van der Waals surface area (Å²) < 4.78 is 8.18. The van der Waals surface area contributed by atoms with Crippen LogP contribution in [0.3, 0.4) is 0 Å². The van der Waals surface area contributed by atoms with Crippen LogP contribution in [0.2, 0.25) is 0 Å². The molecular weight excluding hydrogens is 468 g/mol. The van der Waals surface area contributed by atoms with Gasteiger partial charge in [0.2, 0.25) is 0 Å². The highest BCUT2D eigenvalue weighted by Crippen LogP contribution is 2.22. The van der Waals surface area contributed by atoms with Crippen LogP contribution in [0.25, 0.3) is 22.6 Å². The SMILES string of the molecule is CCCn1c(=O)c2[nH]c(-c3ccc(OCC(=O)NN4C(=O)C=C(C)C4=O)cc3)nc2n(CCC)c1=O. The van der Waals surface area contributed by atoms with Gasteiger partial charge in [-0.05, 0) is 44.0 Å². The summed E-state index contributed by atoms with van der Waals surface area (Å²) in [7, 11) is 0. The number of hydrazine groups is 1. The predicted octanol–water partition coefficient (Wildman–Crippen LogP) is 1.10. The second-order valence-corrected chi connectivity index (χ2v) is 8.33. The van der Waals surface area contributed by atoms with Crippen LogP contribution in [0.1, 0.15) is 33.6 Å². The Balaban J connectivity index is 1.51. The van der Waals surface area contributed by atoms with E-state index in [0.717, 1.165) is 6.08 Å². The third-order valence-corrected chi connectivity index (χ3v) is 5.59. The summed E-state index contributed by atoms with van der Waals surface area (Å²) >= 11 is 0. The fourth-order valence-corrected chi connectivity index (χ4v) is 3.86. The summed E-state index contributed by atoms with van der Waals surface area (Å²) in [6, 6.07) is 6.61. The smallest absolute Gasteiger partial charge is 0.332 e. The molecule has 0 radical (unpaired) electrons. The first-order chi connectivity index (χ1) is 17.2. The van der Waals surface area contributed by atoms with Crippen LogP contribution >= 0.6 is 0 Å². The Bertz CT molecular complexity index is 1490. The van der Waals surface area contributed by atoms with E-state index in [-0.39, 0.29) is 16.8 Å². The van der Waals surface area contributed by atoms with E-state index in [1.807, 2.05) is 13.8 Å². The number of hydrogen-bond donors (Lipinski definition) is 2. The van der Waals surface area contributed by atoms with Crippen molar-refractivity contribution in [3.8, 4) is 17.1 Å². The van der Waals surface area contributed by atoms with Crippen LogP contribution in [0.4, 0.5) is 0 Å². The van der Waals surface area contributed by atoms with Gasteiger partial charge in [-0.1, -0.05) is 13.8 Å². The fourth-order valence-electron chi connectivity index (χ4n) is 3.86. The van der Waals surface area contributed by atoms with Crippen molar-refractivity contribution in [2.24, 2.45) is 0 Å². The predicted molar refractivity (Wildman–Crippen MR) is 130 cm³/mol. The Morgan fingerprint density at radius 1 is 1.03 bits per heavy atom. The third kappa shape index (κ3) is 4.57. The Morgan fingerprint density at radius 2 is 1.69 bits per heavy atom. The van der Waals surface area contributed by atoms with Gasteiger partial charge >= 0.3 is 5.69 Å². The molecule has 3 amide bonds. The van der Waals surface area contributed by atoms with Gasteiger partial charge in [0.25, 0.3) is 23.3 Å². The van der Waals surface area contributed by atoms with Crippen LogP contribution in [0, 0.1) is 0 Å².